The van der Waals surface area contributed by atoms with E-state index in [1.807, 2.05) is 0 Å². The summed E-state index contributed by atoms with van der Waals surface area (Å²) in [7, 11) is -3.56. The average Bonchev–Trinajstić information content (AvgIpc) is 2.81. The van der Waals surface area contributed by atoms with Crippen LogP contribution >= 0.6 is 0 Å². The fourth-order valence-electron chi connectivity index (χ4n) is 3.17. The van der Waals surface area contributed by atoms with Crippen molar-refractivity contribution in [2.45, 2.75) is 44.4 Å². The van der Waals surface area contributed by atoms with Crippen molar-refractivity contribution in [2.24, 2.45) is 0 Å². The second-order valence-corrected chi connectivity index (χ2v) is 8.44. The van der Waals surface area contributed by atoms with E-state index in [4.69, 9.17) is 4.52 Å². The van der Waals surface area contributed by atoms with Gasteiger partial charge in [0.2, 0.25) is 10.0 Å². The van der Waals surface area contributed by atoms with Gasteiger partial charge in [0.15, 0.2) is 0 Å². The zero-order chi connectivity index (χ0) is 18.7. The summed E-state index contributed by atoms with van der Waals surface area (Å²) >= 11 is 0. The Morgan fingerprint density at radius 1 is 1.15 bits per heavy atom. The summed E-state index contributed by atoms with van der Waals surface area (Å²) in [6.45, 7) is 4.43. The Morgan fingerprint density at radius 2 is 1.85 bits per heavy atom. The minimum Gasteiger partial charge on any atom is -0.361 e. The van der Waals surface area contributed by atoms with Gasteiger partial charge < -0.3 is 9.84 Å². The molecule has 1 aliphatic rings. The summed E-state index contributed by atoms with van der Waals surface area (Å²) in [6.07, 6.45) is 3.86. The molecular formula is C18H23N3O4S. The van der Waals surface area contributed by atoms with Crippen molar-refractivity contribution in [1.82, 2.24) is 9.46 Å². The van der Waals surface area contributed by atoms with Crippen LogP contribution in [0, 0.1) is 13.8 Å². The third-order valence-corrected chi connectivity index (χ3v) is 6.45. The number of amides is 1. The third kappa shape index (κ3) is 3.81. The monoisotopic (exact) mass is 377 g/mol. The molecule has 1 N–H and O–H groups in total. The van der Waals surface area contributed by atoms with E-state index >= 15 is 0 Å². The summed E-state index contributed by atoms with van der Waals surface area (Å²) in [5, 5.41) is 6.50. The smallest absolute Gasteiger partial charge is 0.261 e. The van der Waals surface area contributed by atoms with Crippen LogP contribution < -0.4 is 5.32 Å². The number of aromatic nitrogens is 1. The zero-order valence-electron chi connectivity index (χ0n) is 15.0. The molecule has 1 amide bonds. The van der Waals surface area contributed by atoms with Crippen molar-refractivity contribution in [3.63, 3.8) is 0 Å². The third-order valence-electron chi connectivity index (χ3n) is 4.56. The SMILES string of the molecule is Cc1noc(C)c1C(=O)Nc1cccc(S(=O)(=O)N2CCCCCC2)c1. The Labute approximate surface area is 153 Å². The van der Waals surface area contributed by atoms with Crippen LogP contribution in [-0.2, 0) is 10.0 Å². The summed E-state index contributed by atoms with van der Waals surface area (Å²) < 4.78 is 32.4. The highest BCUT2D eigenvalue weighted by Gasteiger charge is 2.25. The van der Waals surface area contributed by atoms with E-state index in [0.29, 0.717) is 35.8 Å². The normalized spacial score (nSPS) is 16.2. The lowest BCUT2D eigenvalue weighted by molar-refractivity contribution is 0.102. The number of aryl methyl sites for hydroxylation is 2. The largest absolute Gasteiger partial charge is 0.361 e. The molecule has 1 aliphatic heterocycles. The van der Waals surface area contributed by atoms with E-state index in [-0.39, 0.29) is 10.8 Å². The number of benzene rings is 1. The maximum atomic E-state index is 12.9. The summed E-state index contributed by atoms with van der Waals surface area (Å²) in [4.78, 5) is 12.6. The lowest BCUT2D eigenvalue weighted by Gasteiger charge is -2.20. The number of carbonyl (C=O) groups excluding carboxylic acids is 1. The van der Waals surface area contributed by atoms with Crippen LogP contribution in [0.3, 0.4) is 0 Å². The van der Waals surface area contributed by atoms with Gasteiger partial charge in [-0.3, -0.25) is 4.79 Å². The Balaban J connectivity index is 1.83. The highest BCUT2D eigenvalue weighted by molar-refractivity contribution is 7.89. The lowest BCUT2D eigenvalue weighted by Crippen LogP contribution is -2.32. The Kier molecular flexibility index (Phi) is 5.43. The van der Waals surface area contributed by atoms with Crippen LogP contribution in [-0.4, -0.2) is 36.9 Å². The van der Waals surface area contributed by atoms with Crippen molar-refractivity contribution >= 4 is 21.6 Å². The Bertz CT molecular complexity index is 877. The zero-order valence-corrected chi connectivity index (χ0v) is 15.8. The number of nitrogens with one attached hydrogen (secondary N) is 1. The summed E-state index contributed by atoms with van der Waals surface area (Å²) in [6, 6.07) is 6.35. The summed E-state index contributed by atoms with van der Waals surface area (Å²) in [5.41, 5.74) is 1.28. The molecule has 26 heavy (non-hydrogen) atoms. The number of anilines is 1. The first-order chi connectivity index (χ1) is 12.4. The molecule has 1 fully saturated rings. The van der Waals surface area contributed by atoms with E-state index in [9.17, 15) is 13.2 Å². The van der Waals surface area contributed by atoms with E-state index in [2.05, 4.69) is 10.5 Å². The number of sulfonamides is 1. The first kappa shape index (κ1) is 18.6. The molecule has 140 valence electrons. The van der Waals surface area contributed by atoms with E-state index < -0.39 is 10.0 Å². The van der Waals surface area contributed by atoms with E-state index in [1.54, 1.807) is 32.0 Å². The van der Waals surface area contributed by atoms with Crippen LogP contribution in [0.1, 0.15) is 47.5 Å². The van der Waals surface area contributed by atoms with Gasteiger partial charge in [0.1, 0.15) is 11.3 Å². The average molecular weight is 377 g/mol. The molecule has 8 heteroatoms. The van der Waals surface area contributed by atoms with Gasteiger partial charge >= 0.3 is 0 Å². The molecular weight excluding hydrogens is 354 g/mol. The number of hydrogen-bond donors (Lipinski definition) is 1. The second-order valence-electron chi connectivity index (χ2n) is 6.50. The lowest BCUT2D eigenvalue weighted by atomic mass is 10.2. The summed E-state index contributed by atoms with van der Waals surface area (Å²) in [5.74, 6) is 0.0545. The number of rotatable bonds is 4. The highest BCUT2D eigenvalue weighted by atomic mass is 32.2. The van der Waals surface area contributed by atoms with Gasteiger partial charge in [0.05, 0.1) is 10.6 Å². The maximum Gasteiger partial charge on any atom is 0.261 e. The molecule has 3 rings (SSSR count). The van der Waals surface area contributed by atoms with E-state index in [0.717, 1.165) is 25.7 Å². The minimum atomic E-state index is -3.56. The molecule has 0 radical (unpaired) electrons. The molecule has 0 bridgehead atoms. The Hall–Kier alpha value is -2.19. The molecule has 1 saturated heterocycles. The molecule has 1 aromatic heterocycles. The van der Waals surface area contributed by atoms with Crippen molar-refractivity contribution in [1.29, 1.82) is 0 Å². The molecule has 0 spiro atoms. The van der Waals surface area contributed by atoms with Gasteiger partial charge in [-0.25, -0.2) is 8.42 Å². The van der Waals surface area contributed by atoms with Gasteiger partial charge in [-0.2, -0.15) is 4.31 Å². The standard InChI is InChI=1S/C18H23N3O4S/c1-13-17(14(2)25-20-13)18(22)19-15-8-7-9-16(12-15)26(23,24)21-10-5-3-4-6-11-21/h7-9,12H,3-6,10-11H2,1-2H3,(H,19,22). The van der Waals surface area contributed by atoms with Crippen LogP contribution in [0.15, 0.2) is 33.7 Å². The van der Waals surface area contributed by atoms with Crippen LogP contribution in [0.5, 0.6) is 0 Å². The Morgan fingerprint density at radius 3 is 2.46 bits per heavy atom. The van der Waals surface area contributed by atoms with Gasteiger partial charge in [-0.15, -0.1) is 0 Å². The van der Waals surface area contributed by atoms with Gasteiger partial charge in [0, 0.05) is 18.8 Å². The fourth-order valence-corrected chi connectivity index (χ4v) is 4.73. The van der Waals surface area contributed by atoms with Gasteiger partial charge in [-0.1, -0.05) is 24.1 Å². The first-order valence-corrected chi connectivity index (χ1v) is 10.2. The van der Waals surface area contributed by atoms with Gasteiger partial charge in [-0.05, 0) is 44.9 Å². The van der Waals surface area contributed by atoms with Crippen molar-refractivity contribution in [3.05, 3.63) is 41.3 Å². The molecule has 7 nitrogen and oxygen atoms in total. The molecule has 2 aromatic rings. The maximum absolute atomic E-state index is 12.9. The first-order valence-electron chi connectivity index (χ1n) is 8.74. The quantitative estimate of drug-likeness (QED) is 0.884. The van der Waals surface area contributed by atoms with Crippen LogP contribution in [0.4, 0.5) is 5.69 Å². The van der Waals surface area contributed by atoms with Crippen LogP contribution in [0.2, 0.25) is 0 Å². The predicted molar refractivity (Wildman–Crippen MR) is 97.6 cm³/mol. The van der Waals surface area contributed by atoms with Crippen molar-refractivity contribution in [2.75, 3.05) is 18.4 Å². The molecule has 2 heterocycles. The number of nitrogens with zero attached hydrogens (tertiary/aromatic N) is 2. The molecule has 0 aliphatic carbocycles. The van der Waals surface area contributed by atoms with Crippen LogP contribution in [0.25, 0.3) is 0 Å². The minimum absolute atomic E-state index is 0.191. The van der Waals surface area contributed by atoms with E-state index in [1.165, 1.54) is 10.4 Å². The second kappa shape index (κ2) is 7.59. The topological polar surface area (TPSA) is 92.5 Å². The number of hydrogen-bond acceptors (Lipinski definition) is 5. The van der Waals surface area contributed by atoms with Crippen molar-refractivity contribution < 1.29 is 17.7 Å². The molecule has 1 aromatic carbocycles. The molecule has 0 saturated carbocycles. The highest BCUT2D eigenvalue weighted by Crippen LogP contribution is 2.23. The molecule has 0 atom stereocenters. The number of carbonyl (C=O) groups is 1. The van der Waals surface area contributed by atoms with Crippen molar-refractivity contribution in [3.8, 4) is 0 Å². The van der Waals surface area contributed by atoms with Gasteiger partial charge in [0.25, 0.3) is 5.91 Å². The fraction of sp³-hybridized carbons (Fsp3) is 0.444. The predicted octanol–water partition coefficient (Wildman–Crippen LogP) is 3.11. The molecule has 0 unspecified atom stereocenters.